The molecule has 2 unspecified atom stereocenters. The van der Waals surface area contributed by atoms with Crippen molar-refractivity contribution in [2.75, 3.05) is 0 Å². The summed E-state index contributed by atoms with van der Waals surface area (Å²) in [6, 6.07) is 135. The normalized spacial score (nSPS) is 16.1. The summed E-state index contributed by atoms with van der Waals surface area (Å²) >= 11 is 0. The van der Waals surface area contributed by atoms with E-state index in [0.717, 1.165) is 109 Å². The SMILES string of the molecule is CC1(C)c2cc(-c3ccc(-n4c5ccccc5c5c6c(ccc54)-c4ccccc4P6(=O)c4ccccc4)cc3)ccc2-c2ccc(-c3cccc4ccccc34)cc21.CC1(C)c2cc(-c3ccccc3)ccc2-c2ccc(-c3ccc(-n4c5ccccc5c5c6c(ccc54)-c4ccccc4P6(=O)c4ccccc4)cc3)cc21. The standard InChI is InChI=1S/C55H38NOP.C51H36NOP/c1-55(2)48-33-37(25-29-43(48)44-30-26-38(34-49(44)55)42-20-12-14-36-13-6-7-17-41(36)42)35-23-27-39(28-24-35)56-50-21-10-8-19-47(50)53-51(56)32-31-46-45-18-9-11-22-52(45)58(57,54(46)53)40-15-4-3-5-16-40;1-51(2)44-31-35(33-13-5-3-6-14-33)23-27-39(44)40-28-24-36(32-45(40)51)34-21-25-37(26-22-34)52-46-19-11-9-18-43(46)49-47(52)30-29-42-41-17-10-12-20-48(41)54(53,50(42)49)38-15-7-4-8-16-38/h3-34H,1-2H3;3-32H,1-2H3. The summed E-state index contributed by atoms with van der Waals surface area (Å²) in [5.74, 6) is 0. The van der Waals surface area contributed by atoms with Crippen molar-refractivity contribution >= 4 is 100 Å². The average Bonchev–Trinajstić information content (AvgIpc) is 1.55. The van der Waals surface area contributed by atoms with Gasteiger partial charge in [-0.2, -0.15) is 0 Å². The summed E-state index contributed by atoms with van der Waals surface area (Å²) < 4.78 is 36.2. The number of nitrogens with zero attached hydrogens (tertiary/aromatic N) is 2. The van der Waals surface area contributed by atoms with Crippen molar-refractivity contribution in [2.45, 2.75) is 38.5 Å². The highest BCUT2D eigenvalue weighted by atomic mass is 31.2. The van der Waals surface area contributed by atoms with Crippen LogP contribution in [0.2, 0.25) is 0 Å². The maximum absolute atomic E-state index is 15.8. The van der Waals surface area contributed by atoms with Gasteiger partial charge in [0.2, 0.25) is 0 Å². The van der Waals surface area contributed by atoms with E-state index in [1.165, 1.54) is 99.8 Å². The van der Waals surface area contributed by atoms with Gasteiger partial charge in [0.05, 0.1) is 22.1 Å². The second-order valence-electron chi connectivity index (χ2n) is 31.6. The lowest BCUT2D eigenvalue weighted by atomic mass is 9.80. The molecule has 4 aliphatic rings. The van der Waals surface area contributed by atoms with E-state index in [9.17, 15) is 0 Å². The van der Waals surface area contributed by atoms with E-state index in [2.05, 4.69) is 340 Å². The van der Waals surface area contributed by atoms with Crippen molar-refractivity contribution in [1.29, 1.82) is 0 Å². The third-order valence-corrected chi connectivity index (χ3v) is 31.4. The first-order valence-electron chi connectivity index (χ1n) is 38.8. The lowest BCUT2D eigenvalue weighted by molar-refractivity contribution is 0.592. The summed E-state index contributed by atoms with van der Waals surface area (Å²) in [7, 11) is -6.31. The highest BCUT2D eigenvalue weighted by Crippen LogP contribution is 2.59. The molecule has 0 saturated heterocycles. The Morgan fingerprint density at radius 2 is 0.554 bits per heavy atom. The van der Waals surface area contributed by atoms with Gasteiger partial charge in [0.15, 0.2) is 14.3 Å². The monoisotopic (exact) mass is 1470 g/mol. The highest BCUT2D eigenvalue weighted by Gasteiger charge is 2.45. The van der Waals surface area contributed by atoms with Gasteiger partial charge in [-0.25, -0.2) is 0 Å². The first-order valence-corrected chi connectivity index (χ1v) is 42.2. The van der Waals surface area contributed by atoms with Crippen molar-refractivity contribution in [2.24, 2.45) is 0 Å². The van der Waals surface area contributed by atoms with Gasteiger partial charge in [0, 0.05) is 75.6 Å². The van der Waals surface area contributed by atoms with Gasteiger partial charge < -0.3 is 18.3 Å². The molecule has 2 aromatic heterocycles. The summed E-state index contributed by atoms with van der Waals surface area (Å²) in [5, 5.41) is 12.4. The molecule has 23 rings (SSSR count). The lowest BCUT2D eigenvalue weighted by Crippen LogP contribution is -2.21. The number of fused-ring (bicyclic) bond motifs is 21. The zero-order chi connectivity index (χ0) is 74.9. The fourth-order valence-electron chi connectivity index (χ4n) is 19.6. The molecule has 112 heavy (non-hydrogen) atoms. The van der Waals surface area contributed by atoms with Crippen LogP contribution in [0.4, 0.5) is 0 Å². The van der Waals surface area contributed by atoms with Crippen LogP contribution in [0.5, 0.6) is 0 Å². The van der Waals surface area contributed by atoms with Gasteiger partial charge in [-0.05, 0) is 195 Å². The van der Waals surface area contributed by atoms with E-state index in [0.29, 0.717) is 0 Å². The molecule has 2 aliphatic carbocycles. The zero-order valence-electron chi connectivity index (χ0n) is 62.4. The molecule has 0 N–H and O–H groups in total. The Balaban J connectivity index is 0.000000138. The molecule has 0 spiro atoms. The quantitative estimate of drug-likeness (QED) is 0.142. The first-order chi connectivity index (χ1) is 54.8. The largest absolute Gasteiger partial charge is 0.309 e. The molecule has 2 aliphatic heterocycles. The Hall–Kier alpha value is -12.9. The van der Waals surface area contributed by atoms with Gasteiger partial charge in [-0.3, -0.25) is 0 Å². The van der Waals surface area contributed by atoms with E-state index in [4.69, 9.17) is 0 Å². The molecule has 17 aromatic carbocycles. The molecule has 0 amide bonds. The van der Waals surface area contributed by atoms with Crippen LogP contribution < -0.4 is 31.8 Å². The minimum absolute atomic E-state index is 0.118. The Kier molecular flexibility index (Phi) is 14.6. The average molecular weight is 1470 g/mol. The van der Waals surface area contributed by atoms with Crippen molar-refractivity contribution in [3.63, 3.8) is 0 Å². The van der Waals surface area contributed by atoms with Crippen LogP contribution in [0.15, 0.2) is 376 Å². The molecular formula is C106H74N2O2P2. The van der Waals surface area contributed by atoms with E-state index in [-0.39, 0.29) is 10.8 Å². The van der Waals surface area contributed by atoms with E-state index >= 15 is 9.13 Å². The maximum atomic E-state index is 15.8. The molecule has 0 saturated carbocycles. The second-order valence-corrected chi connectivity index (χ2v) is 36.9. The van der Waals surface area contributed by atoms with E-state index < -0.39 is 14.3 Å². The number of rotatable bonds is 8. The van der Waals surface area contributed by atoms with Crippen molar-refractivity contribution < 1.29 is 9.13 Å². The third kappa shape index (κ3) is 9.56. The zero-order valence-corrected chi connectivity index (χ0v) is 64.2. The number of benzene rings is 17. The third-order valence-electron chi connectivity index (χ3n) is 25.0. The van der Waals surface area contributed by atoms with Crippen molar-refractivity contribution in [3.8, 4) is 100 Å². The Bertz CT molecular complexity index is 7280. The Labute approximate surface area is 651 Å². The van der Waals surface area contributed by atoms with Crippen LogP contribution in [-0.2, 0) is 20.0 Å². The maximum Gasteiger partial charge on any atom is 0.172 e. The van der Waals surface area contributed by atoms with Crippen LogP contribution in [0.3, 0.4) is 0 Å². The van der Waals surface area contributed by atoms with Crippen molar-refractivity contribution in [3.05, 3.63) is 398 Å². The molecule has 0 bridgehead atoms. The predicted molar refractivity (Wildman–Crippen MR) is 473 cm³/mol. The molecule has 6 heteroatoms. The topological polar surface area (TPSA) is 44.0 Å². The molecule has 19 aromatic rings. The first kappa shape index (κ1) is 66.1. The van der Waals surface area contributed by atoms with Gasteiger partial charge >= 0.3 is 0 Å². The minimum atomic E-state index is -3.16. The highest BCUT2D eigenvalue weighted by molar-refractivity contribution is 7.87. The molecule has 0 fully saturated rings. The van der Waals surface area contributed by atoms with E-state index in [1.807, 2.05) is 72.8 Å². The minimum Gasteiger partial charge on any atom is -0.309 e. The number of para-hydroxylation sites is 2. The smallest absolute Gasteiger partial charge is 0.172 e. The fraction of sp³-hybridized carbons (Fsp3) is 0.0566. The molecule has 2 atom stereocenters. The summed E-state index contributed by atoms with van der Waals surface area (Å²) in [6.45, 7) is 9.44. The van der Waals surface area contributed by atoms with Gasteiger partial charge in [-0.15, -0.1) is 0 Å². The Morgan fingerprint density at radius 3 is 1.00 bits per heavy atom. The van der Waals surface area contributed by atoms with Crippen LogP contribution in [-0.4, -0.2) is 9.13 Å². The fourth-order valence-corrected chi connectivity index (χ4v) is 26.2. The summed E-state index contributed by atoms with van der Waals surface area (Å²) in [4.78, 5) is 0. The van der Waals surface area contributed by atoms with Crippen LogP contribution in [0.25, 0.3) is 155 Å². The molecular weight excluding hydrogens is 1400 g/mol. The summed E-state index contributed by atoms with van der Waals surface area (Å²) in [6.07, 6.45) is 0. The van der Waals surface area contributed by atoms with E-state index in [1.54, 1.807) is 0 Å². The van der Waals surface area contributed by atoms with Crippen LogP contribution in [0, 0.1) is 0 Å². The number of aromatic nitrogens is 2. The molecule has 4 heterocycles. The van der Waals surface area contributed by atoms with Crippen molar-refractivity contribution in [1.82, 2.24) is 9.13 Å². The lowest BCUT2D eigenvalue weighted by Gasteiger charge is -2.23. The van der Waals surface area contributed by atoms with Crippen LogP contribution in [0.1, 0.15) is 49.9 Å². The predicted octanol–water partition coefficient (Wildman–Crippen LogP) is 25.2. The number of hydrogen-bond donors (Lipinski definition) is 0. The van der Waals surface area contributed by atoms with Gasteiger partial charge in [0.1, 0.15) is 0 Å². The number of hydrogen-bond acceptors (Lipinski definition) is 2. The van der Waals surface area contributed by atoms with Gasteiger partial charge in [0.25, 0.3) is 0 Å². The van der Waals surface area contributed by atoms with Gasteiger partial charge in [-0.1, -0.05) is 331 Å². The molecule has 530 valence electrons. The molecule has 4 nitrogen and oxygen atoms in total. The second kappa shape index (κ2) is 24.8. The van der Waals surface area contributed by atoms with Crippen LogP contribution >= 0.6 is 14.3 Å². The summed E-state index contributed by atoms with van der Waals surface area (Å²) in [5.41, 5.74) is 31.1. The Morgan fingerprint density at radius 1 is 0.232 bits per heavy atom. The molecule has 0 radical (unpaired) electrons.